The van der Waals surface area contributed by atoms with Gasteiger partial charge in [0.15, 0.2) is 0 Å². The van der Waals surface area contributed by atoms with Crippen LogP contribution in [0, 0.1) is 0 Å². The molecule has 4 aromatic rings. The van der Waals surface area contributed by atoms with Crippen molar-refractivity contribution >= 4 is 11.4 Å². The first-order valence-electron chi connectivity index (χ1n) is 16.4. The van der Waals surface area contributed by atoms with E-state index in [9.17, 15) is 0 Å². The lowest BCUT2D eigenvalue weighted by atomic mass is 9.96. The van der Waals surface area contributed by atoms with Crippen LogP contribution >= 0.6 is 0 Å². The highest BCUT2D eigenvalue weighted by atomic mass is 14.6. The van der Waals surface area contributed by atoms with E-state index in [2.05, 4.69) is 98.8 Å². The minimum Gasteiger partial charge on any atom is -0.399 e. The summed E-state index contributed by atoms with van der Waals surface area (Å²) in [4.78, 5) is 0. The summed E-state index contributed by atoms with van der Waals surface area (Å²) >= 11 is 0. The molecule has 4 aromatic carbocycles. The second-order valence-corrected chi connectivity index (χ2v) is 12.2. The number of unbranched alkanes of at least 4 members (excludes halogenated alkanes) is 6. The molecule has 0 aliphatic rings. The summed E-state index contributed by atoms with van der Waals surface area (Å²) in [5.41, 5.74) is 25.2. The number of nitrogens with two attached hydrogens (primary N) is 2. The third-order valence-electron chi connectivity index (χ3n) is 8.58. The zero-order valence-corrected chi connectivity index (χ0v) is 26.1. The Hall–Kier alpha value is -3.52. The molecular formula is C40H52N2. The van der Waals surface area contributed by atoms with Crippen molar-refractivity contribution in [2.24, 2.45) is 0 Å². The van der Waals surface area contributed by atoms with Gasteiger partial charge in [-0.3, -0.25) is 0 Å². The van der Waals surface area contributed by atoms with Crippen LogP contribution in [0.3, 0.4) is 0 Å². The van der Waals surface area contributed by atoms with Crippen LogP contribution in [0.25, 0.3) is 0 Å². The van der Waals surface area contributed by atoms with E-state index in [0.717, 1.165) is 49.9 Å². The molecule has 0 atom stereocenters. The van der Waals surface area contributed by atoms with Gasteiger partial charge in [-0.1, -0.05) is 125 Å². The SMILES string of the molecule is CCCCCCc1cc(Cc2ccc(CCc3ccc(Cc4ccc(N)c(CCCCCC)c4)cc3)cc2)ccc1N. The van der Waals surface area contributed by atoms with Crippen LogP contribution in [0.4, 0.5) is 11.4 Å². The Morgan fingerprint density at radius 3 is 1.12 bits per heavy atom. The van der Waals surface area contributed by atoms with Crippen molar-refractivity contribution in [2.45, 2.75) is 104 Å². The molecule has 0 saturated heterocycles. The number of hydrogen-bond acceptors (Lipinski definition) is 2. The molecule has 0 spiro atoms. The molecule has 0 saturated carbocycles. The molecule has 0 aromatic heterocycles. The quantitative estimate of drug-likeness (QED) is 0.0997. The van der Waals surface area contributed by atoms with E-state index in [-0.39, 0.29) is 0 Å². The summed E-state index contributed by atoms with van der Waals surface area (Å²) in [6, 6.07) is 31.6. The lowest BCUT2D eigenvalue weighted by Gasteiger charge is -2.10. The number of aryl methyl sites for hydroxylation is 4. The molecule has 0 radical (unpaired) electrons. The fourth-order valence-electron chi connectivity index (χ4n) is 5.86. The van der Waals surface area contributed by atoms with Gasteiger partial charge in [-0.2, -0.15) is 0 Å². The summed E-state index contributed by atoms with van der Waals surface area (Å²) in [6.45, 7) is 4.51. The van der Waals surface area contributed by atoms with Crippen LogP contribution in [0.2, 0.25) is 0 Å². The van der Waals surface area contributed by atoms with Gasteiger partial charge in [0.1, 0.15) is 0 Å². The summed E-state index contributed by atoms with van der Waals surface area (Å²) in [7, 11) is 0. The number of benzene rings is 4. The van der Waals surface area contributed by atoms with Crippen molar-refractivity contribution in [3.05, 3.63) is 129 Å². The van der Waals surface area contributed by atoms with Gasteiger partial charge >= 0.3 is 0 Å². The molecule has 4 rings (SSSR count). The van der Waals surface area contributed by atoms with E-state index in [4.69, 9.17) is 11.5 Å². The standard InChI is InChI=1S/C40H52N2/c1-3-5-7-9-11-37-29-35(23-25-39(37)41)27-33-19-15-31(16-20-33)13-14-32-17-21-34(22-18-32)28-36-24-26-40(42)38(30-36)12-10-8-6-4-2/h15-26,29-30H,3-14,27-28,41-42H2,1-2H3. The molecule has 0 aliphatic carbocycles. The summed E-state index contributed by atoms with van der Waals surface area (Å²) in [6.07, 6.45) is 16.4. The largest absolute Gasteiger partial charge is 0.399 e. The first-order chi connectivity index (χ1) is 20.5. The fourth-order valence-corrected chi connectivity index (χ4v) is 5.86. The third kappa shape index (κ3) is 10.1. The van der Waals surface area contributed by atoms with Crippen molar-refractivity contribution < 1.29 is 0 Å². The first-order valence-corrected chi connectivity index (χ1v) is 16.4. The van der Waals surface area contributed by atoms with Crippen LogP contribution in [-0.2, 0) is 38.5 Å². The van der Waals surface area contributed by atoms with E-state index in [1.807, 2.05) is 0 Å². The average molecular weight is 561 g/mol. The lowest BCUT2D eigenvalue weighted by molar-refractivity contribution is 0.667. The zero-order valence-electron chi connectivity index (χ0n) is 26.1. The van der Waals surface area contributed by atoms with E-state index >= 15 is 0 Å². The number of rotatable bonds is 17. The Kier molecular flexibility index (Phi) is 12.6. The van der Waals surface area contributed by atoms with Gasteiger partial charge in [0.2, 0.25) is 0 Å². The molecule has 0 unspecified atom stereocenters. The molecule has 0 fully saturated rings. The molecule has 4 N–H and O–H groups in total. The highest BCUT2D eigenvalue weighted by molar-refractivity contribution is 5.50. The van der Waals surface area contributed by atoms with Crippen LogP contribution in [-0.4, -0.2) is 0 Å². The lowest BCUT2D eigenvalue weighted by Crippen LogP contribution is -1.98. The van der Waals surface area contributed by atoms with E-state index < -0.39 is 0 Å². The normalized spacial score (nSPS) is 11.2. The van der Waals surface area contributed by atoms with Gasteiger partial charge in [0.05, 0.1) is 0 Å². The molecule has 0 bridgehead atoms. The van der Waals surface area contributed by atoms with Crippen LogP contribution in [0.15, 0.2) is 84.9 Å². The summed E-state index contributed by atoms with van der Waals surface area (Å²) in [5, 5.41) is 0. The minimum absolute atomic E-state index is 0.936. The molecule has 42 heavy (non-hydrogen) atoms. The molecule has 222 valence electrons. The van der Waals surface area contributed by atoms with Gasteiger partial charge in [-0.05, 0) is 108 Å². The highest BCUT2D eigenvalue weighted by Crippen LogP contribution is 2.22. The van der Waals surface area contributed by atoms with Gasteiger partial charge in [0, 0.05) is 11.4 Å². The molecule has 0 heterocycles. The summed E-state index contributed by atoms with van der Waals surface area (Å²) < 4.78 is 0. The maximum Gasteiger partial charge on any atom is 0.0346 e. The highest BCUT2D eigenvalue weighted by Gasteiger charge is 2.06. The average Bonchev–Trinajstić information content (AvgIpc) is 3.01. The smallest absolute Gasteiger partial charge is 0.0346 e. The van der Waals surface area contributed by atoms with E-state index in [1.54, 1.807) is 0 Å². The maximum atomic E-state index is 6.27. The molecule has 2 heteroatoms. The Morgan fingerprint density at radius 2 is 0.738 bits per heavy atom. The molecular weight excluding hydrogens is 508 g/mol. The van der Waals surface area contributed by atoms with Gasteiger partial charge in [-0.15, -0.1) is 0 Å². The van der Waals surface area contributed by atoms with Crippen molar-refractivity contribution in [2.75, 3.05) is 11.5 Å². The Balaban J connectivity index is 1.25. The second kappa shape index (κ2) is 16.8. The Morgan fingerprint density at radius 1 is 0.381 bits per heavy atom. The van der Waals surface area contributed by atoms with Crippen molar-refractivity contribution in [3.63, 3.8) is 0 Å². The Labute approximate surface area is 255 Å². The monoisotopic (exact) mass is 560 g/mol. The first kappa shape index (κ1) is 31.4. The number of nitrogen functional groups attached to an aromatic ring is 2. The van der Waals surface area contributed by atoms with Crippen LogP contribution in [0.1, 0.15) is 110 Å². The van der Waals surface area contributed by atoms with Crippen LogP contribution in [0.5, 0.6) is 0 Å². The Bertz CT molecular complexity index is 1240. The fraction of sp³-hybridized carbons (Fsp3) is 0.400. The number of anilines is 2. The molecule has 0 amide bonds. The number of hydrogen-bond donors (Lipinski definition) is 2. The zero-order chi connectivity index (χ0) is 29.6. The predicted octanol–water partition coefficient (Wildman–Crippen LogP) is 10.1. The van der Waals surface area contributed by atoms with Crippen molar-refractivity contribution in [3.8, 4) is 0 Å². The van der Waals surface area contributed by atoms with E-state index in [1.165, 1.54) is 95.9 Å². The topological polar surface area (TPSA) is 52.0 Å². The van der Waals surface area contributed by atoms with Gasteiger partial charge < -0.3 is 11.5 Å². The van der Waals surface area contributed by atoms with E-state index in [0.29, 0.717) is 0 Å². The van der Waals surface area contributed by atoms with Crippen molar-refractivity contribution in [1.82, 2.24) is 0 Å². The molecule has 2 nitrogen and oxygen atoms in total. The minimum atomic E-state index is 0.936. The van der Waals surface area contributed by atoms with Crippen LogP contribution < -0.4 is 11.5 Å². The van der Waals surface area contributed by atoms with Gasteiger partial charge in [0.25, 0.3) is 0 Å². The van der Waals surface area contributed by atoms with Crippen molar-refractivity contribution in [1.29, 1.82) is 0 Å². The molecule has 0 aliphatic heterocycles. The second-order valence-electron chi connectivity index (χ2n) is 12.2. The third-order valence-corrected chi connectivity index (χ3v) is 8.58. The summed E-state index contributed by atoms with van der Waals surface area (Å²) in [5.74, 6) is 0. The predicted molar refractivity (Wildman–Crippen MR) is 183 cm³/mol. The van der Waals surface area contributed by atoms with Gasteiger partial charge in [-0.25, -0.2) is 0 Å². The maximum absolute atomic E-state index is 6.27.